The Balaban J connectivity index is 1.32. The molecule has 1 aliphatic rings. The van der Waals surface area contributed by atoms with Gasteiger partial charge >= 0.3 is 0 Å². The second kappa shape index (κ2) is 9.77. The van der Waals surface area contributed by atoms with Gasteiger partial charge in [0.2, 0.25) is 5.89 Å². The van der Waals surface area contributed by atoms with Crippen molar-refractivity contribution >= 4 is 17.4 Å². The number of halogens is 1. The molecule has 1 fully saturated rings. The van der Waals surface area contributed by atoms with E-state index in [4.69, 9.17) is 4.42 Å². The molecule has 0 N–H and O–H groups in total. The molecule has 5 rings (SSSR count). The van der Waals surface area contributed by atoms with Crippen molar-refractivity contribution in [2.45, 2.75) is 13.8 Å². The maximum atomic E-state index is 14.6. The van der Waals surface area contributed by atoms with Gasteiger partial charge in [0, 0.05) is 42.9 Å². The van der Waals surface area contributed by atoms with Crippen LogP contribution in [0.15, 0.2) is 77.3 Å². The van der Waals surface area contributed by atoms with Crippen LogP contribution in [0.1, 0.15) is 33.2 Å². The molecule has 1 saturated heterocycles. The van der Waals surface area contributed by atoms with Crippen LogP contribution in [0.4, 0.5) is 10.1 Å². The standard InChI is InChI=1S/C29H26FN3O3/c1-19-7-9-21(10-8-19)27-18-31-28(36-27)23-5-3-4-6-24(23)29(35)33-15-13-32(14-16-33)26-12-11-22(20(2)34)17-25(26)30/h3-12,17-18H,13-16H2,1-2H3. The minimum absolute atomic E-state index is 0.118. The summed E-state index contributed by atoms with van der Waals surface area (Å²) in [5.41, 5.74) is 4.01. The van der Waals surface area contributed by atoms with Gasteiger partial charge in [0.15, 0.2) is 11.5 Å². The highest BCUT2D eigenvalue weighted by molar-refractivity contribution is 6.00. The summed E-state index contributed by atoms with van der Waals surface area (Å²) >= 11 is 0. The second-order valence-corrected chi connectivity index (χ2v) is 8.94. The zero-order chi connectivity index (χ0) is 25.2. The van der Waals surface area contributed by atoms with Crippen molar-refractivity contribution in [1.82, 2.24) is 9.88 Å². The van der Waals surface area contributed by atoms with Gasteiger partial charge in [-0.2, -0.15) is 0 Å². The molecule has 4 aromatic rings. The number of amides is 1. The molecule has 0 saturated carbocycles. The minimum Gasteiger partial charge on any atom is -0.436 e. The number of Topliss-reactive ketones (excluding diaryl/α,β-unsaturated/α-hetero) is 1. The van der Waals surface area contributed by atoms with E-state index >= 15 is 0 Å². The third-order valence-electron chi connectivity index (χ3n) is 6.49. The van der Waals surface area contributed by atoms with Crippen molar-refractivity contribution in [2.75, 3.05) is 31.1 Å². The SMILES string of the molecule is CC(=O)c1ccc(N2CCN(C(=O)c3ccccc3-c3ncc(-c4ccc(C)cc4)o3)CC2)c(F)c1. The van der Waals surface area contributed by atoms with E-state index in [9.17, 15) is 14.0 Å². The van der Waals surface area contributed by atoms with E-state index in [1.807, 2.05) is 54.3 Å². The molecule has 3 aromatic carbocycles. The van der Waals surface area contributed by atoms with Crippen LogP contribution in [0.25, 0.3) is 22.8 Å². The van der Waals surface area contributed by atoms with E-state index in [1.165, 1.54) is 13.0 Å². The van der Waals surface area contributed by atoms with Gasteiger partial charge in [0.25, 0.3) is 5.91 Å². The summed E-state index contributed by atoms with van der Waals surface area (Å²) in [6, 6.07) is 19.8. The smallest absolute Gasteiger partial charge is 0.254 e. The summed E-state index contributed by atoms with van der Waals surface area (Å²) in [5, 5.41) is 0. The lowest BCUT2D eigenvalue weighted by molar-refractivity contribution is 0.0747. The molecule has 0 aliphatic carbocycles. The number of carbonyl (C=O) groups excluding carboxylic acids is 2. The Morgan fingerprint density at radius 3 is 2.36 bits per heavy atom. The molecular weight excluding hydrogens is 457 g/mol. The molecule has 0 atom stereocenters. The van der Waals surface area contributed by atoms with Crippen molar-refractivity contribution in [3.05, 3.63) is 95.4 Å². The lowest BCUT2D eigenvalue weighted by Gasteiger charge is -2.36. The Morgan fingerprint density at radius 1 is 0.944 bits per heavy atom. The number of carbonyl (C=O) groups is 2. The topological polar surface area (TPSA) is 66.7 Å². The van der Waals surface area contributed by atoms with Gasteiger partial charge in [-0.15, -0.1) is 0 Å². The van der Waals surface area contributed by atoms with Gasteiger partial charge in [0.05, 0.1) is 17.4 Å². The maximum Gasteiger partial charge on any atom is 0.254 e. The highest BCUT2D eigenvalue weighted by Crippen LogP contribution is 2.30. The number of ketones is 1. The first kappa shape index (κ1) is 23.5. The first-order valence-electron chi connectivity index (χ1n) is 11.9. The van der Waals surface area contributed by atoms with Gasteiger partial charge in [-0.05, 0) is 44.2 Å². The summed E-state index contributed by atoms with van der Waals surface area (Å²) in [6.45, 7) is 5.31. The summed E-state index contributed by atoms with van der Waals surface area (Å²) in [5.74, 6) is 0.305. The number of aryl methyl sites for hydroxylation is 1. The summed E-state index contributed by atoms with van der Waals surface area (Å²) in [4.78, 5) is 33.1. The van der Waals surface area contributed by atoms with Crippen molar-refractivity contribution in [3.8, 4) is 22.8 Å². The van der Waals surface area contributed by atoms with Crippen molar-refractivity contribution in [1.29, 1.82) is 0 Å². The average Bonchev–Trinajstić information content (AvgIpc) is 3.39. The molecule has 0 spiro atoms. The van der Waals surface area contributed by atoms with E-state index < -0.39 is 5.82 Å². The quantitative estimate of drug-likeness (QED) is 0.345. The average molecular weight is 484 g/mol. The predicted octanol–water partition coefficient (Wildman–Crippen LogP) is 5.62. The largest absolute Gasteiger partial charge is 0.436 e. The zero-order valence-electron chi connectivity index (χ0n) is 20.2. The Kier molecular flexibility index (Phi) is 6.38. The molecule has 1 aliphatic heterocycles. The van der Waals surface area contributed by atoms with E-state index in [1.54, 1.807) is 29.3 Å². The fourth-order valence-electron chi connectivity index (χ4n) is 4.41. The van der Waals surface area contributed by atoms with Crippen LogP contribution in [0.2, 0.25) is 0 Å². The molecule has 1 amide bonds. The number of hydrogen-bond donors (Lipinski definition) is 0. The summed E-state index contributed by atoms with van der Waals surface area (Å²) < 4.78 is 20.6. The number of benzene rings is 3. The number of anilines is 1. The number of rotatable bonds is 5. The van der Waals surface area contributed by atoms with E-state index in [-0.39, 0.29) is 11.7 Å². The lowest BCUT2D eigenvalue weighted by Crippen LogP contribution is -2.49. The third-order valence-corrected chi connectivity index (χ3v) is 6.49. The molecule has 2 heterocycles. The minimum atomic E-state index is -0.430. The number of aromatic nitrogens is 1. The highest BCUT2D eigenvalue weighted by Gasteiger charge is 2.26. The number of hydrogen-bond acceptors (Lipinski definition) is 5. The fraction of sp³-hybridized carbons (Fsp3) is 0.207. The first-order chi connectivity index (χ1) is 17.4. The van der Waals surface area contributed by atoms with Crippen molar-refractivity contribution in [2.24, 2.45) is 0 Å². The number of piperazine rings is 1. The molecule has 182 valence electrons. The molecule has 1 aromatic heterocycles. The Hall–Kier alpha value is -4.26. The Labute approximate surface area is 209 Å². The van der Waals surface area contributed by atoms with Crippen LogP contribution in [0.3, 0.4) is 0 Å². The van der Waals surface area contributed by atoms with Gasteiger partial charge < -0.3 is 14.2 Å². The van der Waals surface area contributed by atoms with Crippen LogP contribution in [0, 0.1) is 12.7 Å². The lowest BCUT2D eigenvalue weighted by atomic mass is 10.1. The summed E-state index contributed by atoms with van der Waals surface area (Å²) in [6.07, 6.45) is 1.67. The van der Waals surface area contributed by atoms with E-state index in [0.717, 1.165) is 11.1 Å². The van der Waals surface area contributed by atoms with Crippen molar-refractivity contribution in [3.63, 3.8) is 0 Å². The molecular formula is C29H26FN3O3. The molecule has 0 bridgehead atoms. The number of oxazole rings is 1. The van der Waals surface area contributed by atoms with E-state index in [2.05, 4.69) is 4.98 Å². The fourth-order valence-corrected chi connectivity index (χ4v) is 4.41. The molecule has 7 heteroatoms. The van der Waals surface area contributed by atoms with Crippen molar-refractivity contribution < 1.29 is 18.4 Å². The normalized spacial score (nSPS) is 13.6. The number of nitrogens with zero attached hydrogens (tertiary/aromatic N) is 3. The second-order valence-electron chi connectivity index (χ2n) is 8.94. The first-order valence-corrected chi connectivity index (χ1v) is 11.9. The third kappa shape index (κ3) is 4.64. The van der Waals surface area contributed by atoms with Gasteiger partial charge in [-0.3, -0.25) is 9.59 Å². The predicted molar refractivity (Wildman–Crippen MR) is 137 cm³/mol. The van der Waals surface area contributed by atoms with Crippen LogP contribution >= 0.6 is 0 Å². The molecule has 6 nitrogen and oxygen atoms in total. The molecule has 0 radical (unpaired) electrons. The van der Waals surface area contributed by atoms with Gasteiger partial charge in [0.1, 0.15) is 5.82 Å². The molecule has 36 heavy (non-hydrogen) atoms. The summed E-state index contributed by atoms with van der Waals surface area (Å²) in [7, 11) is 0. The van der Waals surface area contributed by atoms with E-state index in [0.29, 0.717) is 60.2 Å². The highest BCUT2D eigenvalue weighted by atomic mass is 19.1. The van der Waals surface area contributed by atoms with Gasteiger partial charge in [-0.25, -0.2) is 9.37 Å². The van der Waals surface area contributed by atoms with Crippen LogP contribution < -0.4 is 4.90 Å². The van der Waals surface area contributed by atoms with Crippen LogP contribution in [-0.4, -0.2) is 47.8 Å². The maximum absolute atomic E-state index is 14.6. The Bertz CT molecular complexity index is 1420. The van der Waals surface area contributed by atoms with Crippen LogP contribution in [-0.2, 0) is 0 Å². The Morgan fingerprint density at radius 2 is 1.67 bits per heavy atom. The zero-order valence-corrected chi connectivity index (χ0v) is 20.2. The van der Waals surface area contributed by atoms with Gasteiger partial charge in [-0.1, -0.05) is 42.0 Å². The molecule has 0 unspecified atom stereocenters. The monoisotopic (exact) mass is 483 g/mol. The van der Waals surface area contributed by atoms with Crippen LogP contribution in [0.5, 0.6) is 0 Å².